The van der Waals surface area contributed by atoms with Crippen molar-refractivity contribution in [2.75, 3.05) is 13.6 Å². The fraction of sp³-hybridized carbons (Fsp3) is 0.308. The minimum Gasteiger partial charge on any atom is -0.340 e. The molecule has 0 unspecified atom stereocenters. The first-order valence-electron chi connectivity index (χ1n) is 6.23. The van der Waals surface area contributed by atoms with Crippen LogP contribution in [0.1, 0.15) is 5.56 Å². The number of rotatable bonds is 5. The molecule has 2 aromatic rings. The van der Waals surface area contributed by atoms with Crippen molar-refractivity contribution in [1.82, 2.24) is 24.5 Å². The maximum atomic E-state index is 12.1. The van der Waals surface area contributed by atoms with Gasteiger partial charge in [-0.25, -0.2) is 4.68 Å². The van der Waals surface area contributed by atoms with Crippen molar-refractivity contribution in [3.8, 4) is 0 Å². The van der Waals surface area contributed by atoms with E-state index >= 15 is 0 Å². The average Bonchev–Trinajstić information content (AvgIpc) is 2.95. The van der Waals surface area contributed by atoms with Crippen LogP contribution in [0.15, 0.2) is 33.7 Å². The molecule has 0 N–H and O–H groups in total. The molecule has 6 nitrogen and oxygen atoms in total. The number of carbonyl (C=O) groups excluding carboxylic acids is 1. The molecule has 2 rings (SSSR count). The van der Waals surface area contributed by atoms with Gasteiger partial charge in [0.2, 0.25) is 5.91 Å². The van der Waals surface area contributed by atoms with Crippen molar-refractivity contribution in [1.29, 1.82) is 0 Å². The monoisotopic (exact) mass is 415 g/mol. The van der Waals surface area contributed by atoms with E-state index in [9.17, 15) is 4.79 Å². The number of aryl methyl sites for hydroxylation is 1. The fourth-order valence-electron chi connectivity index (χ4n) is 1.70. The van der Waals surface area contributed by atoms with Gasteiger partial charge in [-0.3, -0.25) is 9.48 Å². The van der Waals surface area contributed by atoms with Crippen LogP contribution in [0.4, 0.5) is 0 Å². The molecule has 2 heterocycles. The minimum absolute atomic E-state index is 0.0119. The van der Waals surface area contributed by atoms with Gasteiger partial charge in [0.25, 0.3) is 0 Å². The first-order chi connectivity index (χ1) is 9.95. The second kappa shape index (κ2) is 7.04. The van der Waals surface area contributed by atoms with Crippen molar-refractivity contribution >= 4 is 43.8 Å². The van der Waals surface area contributed by atoms with Gasteiger partial charge in [-0.15, -0.1) is 0 Å². The standard InChI is InChI=1S/C13H15Br2N5O/c1-18(5-3-4-10-7-16-19(2)8-10)13(21)9-20-12(15)6-11(14)17-20/h3-4,6-8H,5,9H2,1-2H3/b4-3+. The summed E-state index contributed by atoms with van der Waals surface area (Å²) in [5.41, 5.74) is 1.01. The van der Waals surface area contributed by atoms with Crippen LogP contribution in [-0.2, 0) is 18.4 Å². The summed E-state index contributed by atoms with van der Waals surface area (Å²) in [6, 6.07) is 1.80. The fourth-order valence-corrected chi connectivity index (χ4v) is 2.84. The maximum absolute atomic E-state index is 12.1. The Kier molecular flexibility index (Phi) is 5.35. The molecule has 0 bridgehead atoms. The molecule has 21 heavy (non-hydrogen) atoms. The van der Waals surface area contributed by atoms with E-state index in [0.717, 1.165) is 10.2 Å². The maximum Gasteiger partial charge on any atom is 0.244 e. The van der Waals surface area contributed by atoms with Crippen LogP contribution in [0.3, 0.4) is 0 Å². The lowest BCUT2D eigenvalue weighted by Crippen LogP contribution is -2.30. The summed E-state index contributed by atoms with van der Waals surface area (Å²) >= 11 is 6.63. The van der Waals surface area contributed by atoms with Crippen molar-refractivity contribution in [2.24, 2.45) is 7.05 Å². The zero-order chi connectivity index (χ0) is 15.4. The van der Waals surface area contributed by atoms with Gasteiger partial charge in [0, 0.05) is 38.5 Å². The van der Waals surface area contributed by atoms with Crippen LogP contribution in [0.5, 0.6) is 0 Å². The molecular weight excluding hydrogens is 402 g/mol. The number of hydrogen-bond donors (Lipinski definition) is 0. The highest BCUT2D eigenvalue weighted by molar-refractivity contribution is 9.11. The lowest BCUT2D eigenvalue weighted by molar-refractivity contribution is -0.130. The number of halogens is 2. The van der Waals surface area contributed by atoms with Gasteiger partial charge in [-0.05, 0) is 31.9 Å². The number of amides is 1. The molecule has 0 aliphatic rings. The highest BCUT2D eigenvalue weighted by Crippen LogP contribution is 2.16. The molecular formula is C13H15Br2N5O. The number of carbonyl (C=O) groups is 1. The van der Waals surface area contributed by atoms with Crippen LogP contribution in [0, 0.1) is 0 Å². The quantitative estimate of drug-likeness (QED) is 0.751. The van der Waals surface area contributed by atoms with E-state index in [1.54, 1.807) is 33.6 Å². The van der Waals surface area contributed by atoms with Gasteiger partial charge in [0.05, 0.1) is 6.20 Å². The number of hydrogen-bond acceptors (Lipinski definition) is 3. The molecule has 2 aromatic heterocycles. The SMILES string of the molecule is CN(C/C=C/c1cnn(C)c1)C(=O)Cn1nc(Br)cc1Br. The smallest absolute Gasteiger partial charge is 0.244 e. The number of aromatic nitrogens is 4. The molecule has 112 valence electrons. The second-order valence-corrected chi connectivity index (χ2v) is 6.20. The topological polar surface area (TPSA) is 56.0 Å². The Hall–Kier alpha value is -1.41. The van der Waals surface area contributed by atoms with Crippen molar-refractivity contribution < 1.29 is 4.79 Å². The third kappa shape index (κ3) is 4.53. The highest BCUT2D eigenvalue weighted by Gasteiger charge is 2.11. The zero-order valence-electron chi connectivity index (χ0n) is 11.7. The van der Waals surface area contributed by atoms with E-state index in [2.05, 4.69) is 42.1 Å². The normalized spacial score (nSPS) is 11.2. The average molecular weight is 417 g/mol. The summed E-state index contributed by atoms with van der Waals surface area (Å²) in [6.07, 6.45) is 7.56. The summed E-state index contributed by atoms with van der Waals surface area (Å²) in [5.74, 6) is -0.0119. The molecule has 0 saturated carbocycles. The highest BCUT2D eigenvalue weighted by atomic mass is 79.9. The summed E-state index contributed by atoms with van der Waals surface area (Å²) in [4.78, 5) is 13.7. The molecule has 0 atom stereocenters. The van der Waals surface area contributed by atoms with Gasteiger partial charge in [-0.1, -0.05) is 12.2 Å². The van der Waals surface area contributed by atoms with E-state index in [1.807, 2.05) is 25.4 Å². The van der Waals surface area contributed by atoms with Gasteiger partial charge in [-0.2, -0.15) is 10.2 Å². The lowest BCUT2D eigenvalue weighted by Gasteiger charge is -2.15. The van der Waals surface area contributed by atoms with Crippen molar-refractivity contribution in [3.63, 3.8) is 0 Å². The van der Waals surface area contributed by atoms with E-state index in [-0.39, 0.29) is 12.5 Å². The molecule has 0 saturated heterocycles. The predicted molar refractivity (Wildman–Crippen MR) is 87.5 cm³/mol. The van der Waals surface area contributed by atoms with Crippen molar-refractivity contribution in [2.45, 2.75) is 6.54 Å². The minimum atomic E-state index is -0.0119. The molecule has 8 heteroatoms. The summed E-state index contributed by atoms with van der Waals surface area (Å²) in [6.45, 7) is 0.733. The first-order valence-corrected chi connectivity index (χ1v) is 7.82. The Labute approximate surface area is 139 Å². The first kappa shape index (κ1) is 16.0. The molecule has 0 aliphatic heterocycles. The van der Waals surface area contributed by atoms with Crippen LogP contribution in [0.25, 0.3) is 6.08 Å². The Morgan fingerprint density at radius 2 is 2.24 bits per heavy atom. The zero-order valence-corrected chi connectivity index (χ0v) is 14.9. The number of likely N-dealkylation sites (N-methyl/N-ethyl adjacent to an activating group) is 1. The predicted octanol–water partition coefficient (Wildman–Crippen LogP) is 2.31. The third-order valence-electron chi connectivity index (χ3n) is 2.83. The number of nitrogens with zero attached hydrogens (tertiary/aromatic N) is 5. The Morgan fingerprint density at radius 1 is 1.48 bits per heavy atom. The third-order valence-corrected chi connectivity index (χ3v) is 3.85. The molecule has 0 aliphatic carbocycles. The van der Waals surface area contributed by atoms with Crippen LogP contribution in [0.2, 0.25) is 0 Å². The van der Waals surface area contributed by atoms with Crippen LogP contribution >= 0.6 is 31.9 Å². The molecule has 0 fully saturated rings. The van der Waals surface area contributed by atoms with Crippen LogP contribution in [-0.4, -0.2) is 44.0 Å². The van der Waals surface area contributed by atoms with Gasteiger partial charge >= 0.3 is 0 Å². The summed E-state index contributed by atoms with van der Waals surface area (Å²) in [7, 11) is 3.63. The Balaban J connectivity index is 1.88. The van der Waals surface area contributed by atoms with Gasteiger partial charge < -0.3 is 4.90 Å². The van der Waals surface area contributed by atoms with E-state index in [4.69, 9.17) is 0 Å². The largest absolute Gasteiger partial charge is 0.340 e. The Morgan fingerprint density at radius 3 is 2.81 bits per heavy atom. The van der Waals surface area contributed by atoms with Crippen LogP contribution < -0.4 is 0 Å². The molecule has 0 aromatic carbocycles. The Bertz CT molecular complexity index is 661. The van der Waals surface area contributed by atoms with Crippen molar-refractivity contribution in [3.05, 3.63) is 39.3 Å². The molecule has 0 spiro atoms. The molecule has 0 radical (unpaired) electrons. The van der Waals surface area contributed by atoms with Gasteiger partial charge in [0.1, 0.15) is 15.8 Å². The van der Waals surface area contributed by atoms with E-state index in [0.29, 0.717) is 11.1 Å². The summed E-state index contributed by atoms with van der Waals surface area (Å²) < 4.78 is 4.80. The van der Waals surface area contributed by atoms with E-state index < -0.39 is 0 Å². The van der Waals surface area contributed by atoms with Gasteiger partial charge in [0.15, 0.2) is 0 Å². The lowest BCUT2D eigenvalue weighted by atomic mass is 10.3. The summed E-state index contributed by atoms with van der Waals surface area (Å²) in [5, 5.41) is 8.25. The van der Waals surface area contributed by atoms with E-state index in [1.165, 1.54) is 0 Å². The second-order valence-electron chi connectivity index (χ2n) is 4.57. The molecule has 1 amide bonds.